The maximum atomic E-state index is 14.7. The summed E-state index contributed by atoms with van der Waals surface area (Å²) < 4.78 is 15.9. The Labute approximate surface area is 230 Å². The van der Waals surface area contributed by atoms with Gasteiger partial charge in [-0.15, -0.1) is 0 Å². The molecule has 0 atom stereocenters. The van der Waals surface area contributed by atoms with Crippen molar-refractivity contribution in [2.75, 3.05) is 16.0 Å². The van der Waals surface area contributed by atoms with Crippen molar-refractivity contribution in [3.05, 3.63) is 119 Å². The number of nitrogens with zero attached hydrogens (tertiary/aromatic N) is 3. The summed E-state index contributed by atoms with van der Waals surface area (Å²) in [7, 11) is 0. The van der Waals surface area contributed by atoms with Crippen LogP contribution in [0.3, 0.4) is 0 Å². The largest absolute Gasteiger partial charge is 0.339 e. The van der Waals surface area contributed by atoms with Gasteiger partial charge >= 0.3 is 0 Å². The van der Waals surface area contributed by atoms with Crippen LogP contribution in [-0.2, 0) is 4.79 Å². The number of carbonyl (C=O) groups is 1. The van der Waals surface area contributed by atoms with Gasteiger partial charge in [-0.3, -0.25) is 14.2 Å². The van der Waals surface area contributed by atoms with Gasteiger partial charge in [0.05, 0.1) is 22.3 Å². The molecule has 6 nitrogen and oxygen atoms in total. The van der Waals surface area contributed by atoms with Crippen LogP contribution in [0.5, 0.6) is 0 Å². The fourth-order valence-corrected chi connectivity index (χ4v) is 5.23. The molecule has 0 spiro atoms. The third-order valence-corrected chi connectivity index (χ3v) is 7.09. The first-order valence-electron chi connectivity index (χ1n) is 12.6. The lowest BCUT2D eigenvalue weighted by Gasteiger charge is -2.29. The summed E-state index contributed by atoms with van der Waals surface area (Å²) in [5.74, 6) is -0.823. The molecular weight excluding hydrogens is 511 g/mol. The molecule has 0 aliphatic carbocycles. The van der Waals surface area contributed by atoms with E-state index in [1.165, 1.54) is 16.7 Å². The zero-order chi connectivity index (χ0) is 27.4. The number of fused-ring (bicyclic) bond motifs is 1. The van der Waals surface area contributed by atoms with Gasteiger partial charge < -0.3 is 10.2 Å². The summed E-state index contributed by atoms with van der Waals surface area (Å²) in [6.07, 6.45) is 0. The maximum absolute atomic E-state index is 14.7. The first-order valence-corrected chi connectivity index (χ1v) is 13.5. The topological polar surface area (TPSA) is 67.2 Å². The molecule has 4 aromatic carbocycles. The van der Waals surface area contributed by atoms with Gasteiger partial charge in [-0.05, 0) is 74.5 Å². The second kappa shape index (κ2) is 11.5. The number of hydrogen-bond donors (Lipinski definition) is 1. The fourth-order valence-electron chi connectivity index (χ4n) is 4.42. The van der Waals surface area contributed by atoms with E-state index < -0.39 is 11.4 Å². The molecule has 0 saturated carbocycles. The molecule has 0 fully saturated rings. The molecule has 8 heteroatoms. The van der Waals surface area contributed by atoms with Gasteiger partial charge in [0.25, 0.3) is 5.56 Å². The highest BCUT2D eigenvalue weighted by molar-refractivity contribution is 7.99. The molecule has 1 amide bonds. The first kappa shape index (κ1) is 26.2. The zero-order valence-corrected chi connectivity index (χ0v) is 22.4. The van der Waals surface area contributed by atoms with E-state index in [1.54, 1.807) is 36.4 Å². The standard InChI is InChI=1S/C31H27FN4O2S/c1-21(2)35(23-10-4-3-5-11-23)24-18-16-22(17-19-24)33-29(37)20-39-31-34-27-14-8-6-12-25(27)30(38)36(31)28-15-9-7-13-26(28)32/h3-19,21H,20H2,1-2H3,(H,33,37). The number of nitrogens with one attached hydrogen (secondary N) is 1. The summed E-state index contributed by atoms with van der Waals surface area (Å²) in [6.45, 7) is 4.25. The van der Waals surface area contributed by atoms with Crippen molar-refractivity contribution < 1.29 is 9.18 Å². The van der Waals surface area contributed by atoms with Crippen LogP contribution in [0.2, 0.25) is 0 Å². The van der Waals surface area contributed by atoms with Crippen molar-refractivity contribution in [2.24, 2.45) is 0 Å². The van der Waals surface area contributed by atoms with Crippen molar-refractivity contribution in [3.8, 4) is 5.69 Å². The number of rotatable bonds is 8. The lowest BCUT2D eigenvalue weighted by atomic mass is 10.2. The molecule has 0 radical (unpaired) electrons. The van der Waals surface area contributed by atoms with E-state index in [4.69, 9.17) is 0 Å². The quantitative estimate of drug-likeness (QED) is 0.174. The highest BCUT2D eigenvalue weighted by Gasteiger charge is 2.17. The fraction of sp³-hybridized carbons (Fsp3) is 0.129. The summed E-state index contributed by atoms with van der Waals surface area (Å²) >= 11 is 1.08. The minimum absolute atomic E-state index is 0.0108. The molecule has 0 aliphatic rings. The molecule has 5 aromatic rings. The predicted octanol–water partition coefficient (Wildman–Crippen LogP) is 6.80. The summed E-state index contributed by atoms with van der Waals surface area (Å²) in [5, 5.41) is 3.52. The molecule has 39 heavy (non-hydrogen) atoms. The smallest absolute Gasteiger partial charge is 0.266 e. The Kier molecular flexibility index (Phi) is 7.74. The van der Waals surface area contributed by atoms with Crippen LogP contribution >= 0.6 is 11.8 Å². The van der Waals surface area contributed by atoms with Crippen LogP contribution in [-0.4, -0.2) is 27.3 Å². The van der Waals surface area contributed by atoms with Gasteiger partial charge in [-0.2, -0.15) is 0 Å². The Morgan fingerprint density at radius 3 is 2.26 bits per heavy atom. The van der Waals surface area contributed by atoms with Crippen molar-refractivity contribution in [3.63, 3.8) is 0 Å². The average Bonchev–Trinajstić information content (AvgIpc) is 2.94. The van der Waals surface area contributed by atoms with Crippen LogP contribution in [0.25, 0.3) is 16.6 Å². The monoisotopic (exact) mass is 538 g/mol. The minimum Gasteiger partial charge on any atom is -0.339 e. The van der Waals surface area contributed by atoms with Crippen molar-refractivity contribution in [1.82, 2.24) is 9.55 Å². The molecule has 1 aromatic heterocycles. The normalized spacial score (nSPS) is 11.1. The number of hydrogen-bond acceptors (Lipinski definition) is 5. The van der Waals surface area contributed by atoms with Crippen molar-refractivity contribution >= 4 is 45.6 Å². The molecule has 0 bridgehead atoms. The minimum atomic E-state index is -0.547. The Morgan fingerprint density at radius 2 is 1.54 bits per heavy atom. The average molecular weight is 539 g/mol. The number of amides is 1. The lowest BCUT2D eigenvalue weighted by molar-refractivity contribution is -0.113. The highest BCUT2D eigenvalue weighted by atomic mass is 32.2. The summed E-state index contributed by atoms with van der Waals surface area (Å²) in [6, 6.07) is 31.0. The van der Waals surface area contributed by atoms with Crippen molar-refractivity contribution in [1.29, 1.82) is 0 Å². The van der Waals surface area contributed by atoms with Crippen LogP contribution in [0.1, 0.15) is 13.8 Å². The number of benzene rings is 4. The SMILES string of the molecule is CC(C)N(c1ccccc1)c1ccc(NC(=O)CSc2nc3ccccc3c(=O)n2-c2ccccc2F)cc1. The number of aromatic nitrogens is 2. The number of para-hydroxylation sites is 3. The third-order valence-electron chi connectivity index (χ3n) is 6.15. The molecule has 1 N–H and O–H groups in total. The Hall–Kier alpha value is -4.43. The number of carbonyl (C=O) groups excluding carboxylic acids is 1. The van der Waals surface area contributed by atoms with Gasteiger partial charge in [0, 0.05) is 23.1 Å². The van der Waals surface area contributed by atoms with Crippen LogP contribution < -0.4 is 15.8 Å². The summed E-state index contributed by atoms with van der Waals surface area (Å²) in [4.78, 5) is 33.0. The van der Waals surface area contributed by atoms with E-state index in [0.717, 1.165) is 23.1 Å². The van der Waals surface area contributed by atoms with Gasteiger partial charge in [-0.1, -0.05) is 54.2 Å². The number of anilines is 3. The van der Waals surface area contributed by atoms with E-state index in [-0.39, 0.29) is 28.5 Å². The van der Waals surface area contributed by atoms with Crippen LogP contribution in [0.15, 0.2) is 113 Å². The Balaban J connectivity index is 1.35. The van der Waals surface area contributed by atoms with E-state index in [9.17, 15) is 14.0 Å². The van der Waals surface area contributed by atoms with Gasteiger partial charge in [0.1, 0.15) is 5.82 Å². The van der Waals surface area contributed by atoms with Gasteiger partial charge in [-0.25, -0.2) is 9.37 Å². The second-order valence-corrected chi connectivity index (χ2v) is 10.1. The third kappa shape index (κ3) is 5.71. The van der Waals surface area contributed by atoms with Gasteiger partial charge in [0.2, 0.25) is 5.91 Å². The highest BCUT2D eigenvalue weighted by Crippen LogP contribution is 2.29. The molecule has 5 rings (SSSR count). The van der Waals surface area contributed by atoms with E-state index in [0.29, 0.717) is 16.6 Å². The van der Waals surface area contributed by atoms with Crippen LogP contribution in [0, 0.1) is 5.82 Å². The van der Waals surface area contributed by atoms with E-state index >= 15 is 0 Å². The van der Waals surface area contributed by atoms with Crippen LogP contribution in [0.4, 0.5) is 21.5 Å². The Bertz CT molecular complexity index is 1670. The number of thioether (sulfide) groups is 1. The lowest BCUT2D eigenvalue weighted by Crippen LogP contribution is -2.25. The molecule has 1 heterocycles. The molecule has 196 valence electrons. The molecule has 0 unspecified atom stereocenters. The Morgan fingerprint density at radius 1 is 0.897 bits per heavy atom. The molecule has 0 saturated heterocycles. The summed E-state index contributed by atoms with van der Waals surface area (Å²) in [5.41, 5.74) is 2.94. The zero-order valence-electron chi connectivity index (χ0n) is 21.5. The predicted molar refractivity (Wildman–Crippen MR) is 157 cm³/mol. The molecule has 0 aliphatic heterocycles. The van der Waals surface area contributed by atoms with E-state index in [1.807, 2.05) is 42.5 Å². The van der Waals surface area contributed by atoms with Gasteiger partial charge in [0.15, 0.2) is 5.16 Å². The second-order valence-electron chi connectivity index (χ2n) is 9.19. The number of halogens is 1. The van der Waals surface area contributed by atoms with Crippen molar-refractivity contribution in [2.45, 2.75) is 25.0 Å². The first-order chi connectivity index (χ1) is 18.9. The van der Waals surface area contributed by atoms with E-state index in [2.05, 4.69) is 41.2 Å². The molecular formula is C31H27FN4O2S. The maximum Gasteiger partial charge on any atom is 0.266 e.